The average Bonchev–Trinajstić information content (AvgIpc) is 1.56. The van der Waals surface area contributed by atoms with Crippen molar-refractivity contribution in [1.29, 1.82) is 0 Å². The Labute approximate surface area is 746 Å². The van der Waals surface area contributed by atoms with Gasteiger partial charge in [-0.2, -0.15) is 0 Å². The van der Waals surface area contributed by atoms with Gasteiger partial charge >= 0.3 is 0 Å². The number of anilines is 9. The smallest absolute Gasteiger partial charge is 0.164 e. The number of nitrogens with zero attached hydrogens (tertiary/aromatic N) is 6. The summed E-state index contributed by atoms with van der Waals surface area (Å²) in [4.78, 5) is 33.4. The van der Waals surface area contributed by atoms with Gasteiger partial charge in [0, 0.05) is 79.4 Å². The lowest BCUT2D eigenvalue weighted by Crippen LogP contribution is -2.26. The Morgan fingerprint density at radius 3 is 0.618 bits per heavy atom. The van der Waals surface area contributed by atoms with Crippen molar-refractivity contribution in [3.63, 3.8) is 0 Å². The van der Waals surface area contributed by atoms with E-state index in [1.807, 2.05) is 35.3 Å². The number of fused-ring (bicyclic) bond motifs is 15. The highest BCUT2D eigenvalue weighted by atomic mass is 32.2. The highest BCUT2D eigenvalue weighted by Crippen LogP contribution is 2.63. The third-order valence-corrected chi connectivity index (χ3v) is 31.6. The zero-order valence-corrected chi connectivity index (χ0v) is 75.8. The van der Waals surface area contributed by atoms with E-state index in [2.05, 4.69) is 311 Å². The van der Waals surface area contributed by atoms with Crippen LogP contribution in [0.2, 0.25) is 0 Å². The molecule has 0 spiro atoms. The Morgan fingerprint density at radius 2 is 0.407 bits per heavy atom. The van der Waals surface area contributed by atoms with E-state index in [9.17, 15) is 0 Å². The minimum absolute atomic E-state index is 0.251. The molecule has 123 heavy (non-hydrogen) atoms. The third-order valence-electron chi connectivity index (χ3n) is 28.3. The van der Waals surface area contributed by atoms with E-state index in [0.29, 0.717) is 0 Å². The lowest BCUT2D eigenvalue weighted by molar-refractivity contribution is 0.401. The van der Waals surface area contributed by atoms with Crippen molar-refractivity contribution in [1.82, 2.24) is 15.0 Å². The summed E-state index contributed by atoms with van der Waals surface area (Å²) in [5.41, 5.74) is 30.4. The minimum Gasteiger partial charge on any atom is -0.308 e. The first-order chi connectivity index (χ1) is 60.7. The summed E-state index contributed by atoms with van der Waals surface area (Å²) < 4.78 is 0. The van der Waals surface area contributed by atoms with Crippen molar-refractivity contribution >= 4 is 86.5 Å². The van der Waals surface area contributed by atoms with Crippen LogP contribution in [-0.4, -0.2) is 15.0 Å². The summed E-state index contributed by atoms with van der Waals surface area (Å²) in [5, 5.41) is 0. The summed E-state index contributed by atoms with van der Waals surface area (Å²) in [6.07, 6.45) is 35.2. The predicted molar refractivity (Wildman–Crippen MR) is 524 cm³/mol. The van der Waals surface area contributed by atoms with E-state index in [-0.39, 0.29) is 16.2 Å². The van der Waals surface area contributed by atoms with E-state index >= 15 is 0 Å². The molecule has 0 saturated heterocycles. The second kappa shape index (κ2) is 36.7. The van der Waals surface area contributed by atoms with E-state index in [0.717, 1.165) is 111 Å². The fourth-order valence-corrected chi connectivity index (χ4v) is 25.3. The van der Waals surface area contributed by atoms with Crippen molar-refractivity contribution in [2.75, 3.05) is 14.7 Å². The lowest BCUT2D eigenvalue weighted by atomic mass is 9.70. The first-order valence-corrected chi connectivity index (χ1v) is 49.8. The summed E-state index contributed by atoms with van der Waals surface area (Å²) in [5.74, 6) is 2.20. The maximum atomic E-state index is 6.02. The maximum absolute atomic E-state index is 6.02. The second-order valence-electron chi connectivity index (χ2n) is 36.0. The van der Waals surface area contributed by atoms with Gasteiger partial charge in [0.05, 0.1) is 34.1 Å². The lowest BCUT2D eigenvalue weighted by Gasteiger charge is -2.36. The van der Waals surface area contributed by atoms with Gasteiger partial charge in [0.15, 0.2) is 17.5 Å². The van der Waals surface area contributed by atoms with Gasteiger partial charge in [-0.25, -0.2) is 15.0 Å². The molecule has 0 saturated carbocycles. The average molecular weight is 1670 g/mol. The van der Waals surface area contributed by atoms with Crippen LogP contribution in [0.3, 0.4) is 0 Å². The number of hydrogen-bond donors (Lipinski definition) is 0. The van der Waals surface area contributed by atoms with Gasteiger partial charge in [0.25, 0.3) is 0 Å². The maximum Gasteiger partial charge on any atom is 0.164 e. The Morgan fingerprint density at radius 1 is 0.211 bits per heavy atom. The molecular weight excluding hydrogens is 1550 g/mol. The molecule has 0 unspecified atom stereocenters. The Kier molecular flexibility index (Phi) is 24.7. The summed E-state index contributed by atoms with van der Waals surface area (Å²) in [6.45, 7) is 14.2. The van der Waals surface area contributed by atoms with Crippen LogP contribution in [0.4, 0.5) is 51.2 Å². The molecule has 1 aromatic heterocycles. The molecule has 0 bridgehead atoms. The Hall–Kier alpha value is -9.90. The topological polar surface area (TPSA) is 48.4 Å². The third kappa shape index (κ3) is 15.5. The molecular formula is C114H120N6S3. The zero-order valence-electron chi connectivity index (χ0n) is 73.4. The van der Waals surface area contributed by atoms with Crippen LogP contribution in [0, 0.1) is 0 Å². The van der Waals surface area contributed by atoms with Gasteiger partial charge in [-0.05, 0) is 233 Å². The van der Waals surface area contributed by atoms with Gasteiger partial charge < -0.3 is 14.7 Å². The normalized spacial score (nSPS) is 14.6. The van der Waals surface area contributed by atoms with Gasteiger partial charge in [0.1, 0.15) is 0 Å². The zero-order chi connectivity index (χ0) is 83.4. The van der Waals surface area contributed by atoms with E-state index in [4.69, 9.17) is 15.0 Å². The molecule has 19 rings (SSSR count). The van der Waals surface area contributed by atoms with E-state index in [1.165, 1.54) is 263 Å². The van der Waals surface area contributed by atoms with Crippen molar-refractivity contribution in [2.24, 2.45) is 0 Å². The van der Waals surface area contributed by atoms with Crippen LogP contribution in [-0.2, 0) is 16.2 Å². The van der Waals surface area contributed by atoms with Gasteiger partial charge in [0.2, 0.25) is 0 Å². The van der Waals surface area contributed by atoms with Crippen LogP contribution in [0.5, 0.6) is 0 Å². The van der Waals surface area contributed by atoms with Crippen molar-refractivity contribution in [2.45, 2.75) is 280 Å². The van der Waals surface area contributed by atoms with E-state index < -0.39 is 0 Å². The fraction of sp³-hybridized carbons (Fsp3) is 0.342. The van der Waals surface area contributed by atoms with Gasteiger partial charge in [-0.3, -0.25) is 0 Å². The van der Waals surface area contributed by atoms with Crippen molar-refractivity contribution < 1.29 is 0 Å². The number of para-hydroxylation sites is 6. The molecule has 9 heteroatoms. The molecule has 0 fully saturated rings. The molecule has 4 heterocycles. The summed E-state index contributed by atoms with van der Waals surface area (Å²) >= 11 is 5.66. The van der Waals surface area contributed by atoms with Crippen molar-refractivity contribution in [3.8, 4) is 67.5 Å². The Balaban J connectivity index is 0.808. The highest BCUT2D eigenvalue weighted by molar-refractivity contribution is 8.00. The number of benzene rings is 12. The number of rotatable bonds is 36. The number of unbranched alkanes of at least 4 members (excludes halogenated alkanes) is 18. The van der Waals surface area contributed by atoms with Crippen molar-refractivity contribution in [3.05, 3.63) is 288 Å². The standard InChI is InChI=1S/C114H120N6S3/c1-7-13-19-37-67-112(68-38-20-14-8-2)91-73-79(55-61-85(91)88-64-58-82(76-94(88)112)118-97-43-25-31-49-103(97)121-104-50-32-26-44-98(104)118)109-115-110(80-56-62-86-89-65-59-83(119-99-45-27-33-51-105(99)122-106-52-34-28-46-100(106)119)77-95(89)113(92(86)74-80,69-39-21-15-9-3)70-40-22-16-10-4)117-111(116-109)81-57-63-87-90-66-60-84(120-101-47-29-35-53-107(101)123-108-54-36-30-48-102(108)120)78-96(90)114(93(87)75-81,71-41-23-17-11-5)72-42-24-18-12-6/h25-36,43-66,73-78H,7-24,37-42,67-72H2,1-6H3. The first-order valence-electron chi connectivity index (χ1n) is 47.3. The molecule has 0 atom stereocenters. The quantitative estimate of drug-likeness (QED) is 0.0358. The van der Waals surface area contributed by atoms with Gasteiger partial charge in [-0.15, -0.1) is 0 Å². The number of aromatic nitrogens is 3. The predicted octanol–water partition coefficient (Wildman–Crippen LogP) is 35.3. The second-order valence-corrected chi connectivity index (χ2v) is 39.3. The molecule has 0 amide bonds. The molecule has 12 aromatic carbocycles. The van der Waals surface area contributed by atoms with Gasteiger partial charge in [-0.1, -0.05) is 358 Å². The largest absolute Gasteiger partial charge is 0.308 e. The number of hydrogen-bond acceptors (Lipinski definition) is 9. The van der Waals surface area contributed by atoms with Crippen LogP contribution in [0.1, 0.15) is 268 Å². The van der Waals surface area contributed by atoms with Crippen LogP contribution < -0.4 is 14.7 Å². The first kappa shape index (κ1) is 82.7. The molecule has 3 aliphatic carbocycles. The molecule has 6 nitrogen and oxygen atoms in total. The monoisotopic (exact) mass is 1670 g/mol. The SMILES string of the molecule is CCCCCCC1(CCCCCC)c2cc(-c3nc(-c4ccc5c(c4)C(CCCCCC)(CCCCCC)c4cc(N6c7ccccc7Sc7ccccc76)ccc4-5)nc(-c4ccc5c(c4)C(CCCCCC)(CCCCCC)c4cc(N6c7ccccc7Sc7ccccc76)ccc4-5)n3)ccc2-c2ccc(N3c4ccccc4Sc4ccccc43)cc21. The summed E-state index contributed by atoms with van der Waals surface area (Å²) in [7, 11) is 0. The fourth-order valence-electron chi connectivity index (χ4n) is 22.1. The minimum atomic E-state index is -0.251. The van der Waals surface area contributed by atoms with Crippen LogP contribution >= 0.6 is 35.3 Å². The summed E-state index contributed by atoms with van der Waals surface area (Å²) in [6, 6.07) is 99.2. The molecule has 6 aliphatic rings. The molecule has 3 aliphatic heterocycles. The highest BCUT2D eigenvalue weighted by Gasteiger charge is 2.48. The Bertz CT molecular complexity index is 5260. The van der Waals surface area contributed by atoms with Crippen LogP contribution in [0.15, 0.2) is 284 Å². The molecule has 624 valence electrons. The molecule has 0 N–H and O–H groups in total. The van der Waals surface area contributed by atoms with E-state index in [1.54, 1.807) is 0 Å². The van der Waals surface area contributed by atoms with Crippen LogP contribution in [0.25, 0.3) is 67.5 Å². The molecule has 0 radical (unpaired) electrons. The molecule has 13 aromatic rings.